The number of aromatic nitrogens is 5. The third kappa shape index (κ3) is 3.22. The van der Waals surface area contributed by atoms with Crippen LogP contribution in [0.5, 0.6) is 0 Å². The van der Waals surface area contributed by atoms with Crippen LogP contribution in [0.25, 0.3) is 0 Å². The van der Waals surface area contributed by atoms with Gasteiger partial charge in [-0.05, 0) is 12.0 Å². The Labute approximate surface area is 147 Å². The number of aromatic amines is 1. The van der Waals surface area contributed by atoms with Gasteiger partial charge >= 0.3 is 0 Å². The first-order valence-electron chi connectivity index (χ1n) is 8.96. The van der Waals surface area contributed by atoms with Gasteiger partial charge in [-0.25, -0.2) is 14.6 Å². The molecule has 0 radical (unpaired) electrons. The summed E-state index contributed by atoms with van der Waals surface area (Å²) in [6, 6.07) is 10.5. The monoisotopic (exact) mass is 336 g/mol. The predicted octanol–water partition coefficient (Wildman–Crippen LogP) is 2.60. The van der Waals surface area contributed by atoms with Crippen molar-refractivity contribution in [3.8, 4) is 0 Å². The molecule has 1 aromatic carbocycles. The van der Waals surface area contributed by atoms with Crippen LogP contribution in [0.2, 0.25) is 0 Å². The molecule has 130 valence electrons. The maximum absolute atomic E-state index is 4.86. The molecule has 2 aromatic heterocycles. The van der Waals surface area contributed by atoms with E-state index in [1.807, 2.05) is 6.07 Å². The molecule has 0 saturated carbocycles. The largest absolute Gasteiger partial charge is 0.348 e. The number of nitrogens with one attached hydrogen (secondary N) is 2. The van der Waals surface area contributed by atoms with Crippen LogP contribution in [0.3, 0.4) is 0 Å². The molecule has 0 amide bonds. The topological polar surface area (TPSA) is 71.4 Å². The Kier molecular flexibility index (Phi) is 4.36. The summed E-state index contributed by atoms with van der Waals surface area (Å²) in [5.41, 5.74) is 3.56. The van der Waals surface area contributed by atoms with Gasteiger partial charge in [-0.2, -0.15) is 5.10 Å². The molecule has 0 saturated heterocycles. The van der Waals surface area contributed by atoms with Crippen molar-refractivity contribution >= 4 is 0 Å². The first-order chi connectivity index (χ1) is 12.2. The van der Waals surface area contributed by atoms with E-state index in [-0.39, 0.29) is 6.04 Å². The number of fused-ring (bicyclic) bond motifs is 1. The smallest absolute Gasteiger partial charge is 0.153 e. The fraction of sp³-hybridized carbons (Fsp3) is 0.421. The van der Waals surface area contributed by atoms with E-state index in [1.54, 1.807) is 6.33 Å². The molecule has 0 unspecified atom stereocenters. The van der Waals surface area contributed by atoms with Crippen molar-refractivity contribution < 1.29 is 0 Å². The molecule has 0 spiro atoms. The minimum absolute atomic E-state index is 0.00535. The molecule has 0 fully saturated rings. The zero-order valence-electron chi connectivity index (χ0n) is 14.7. The lowest BCUT2D eigenvalue weighted by atomic mass is 10.0. The Bertz CT molecular complexity index is 833. The van der Waals surface area contributed by atoms with Gasteiger partial charge in [0.05, 0.1) is 12.0 Å². The zero-order chi connectivity index (χ0) is 17.2. The van der Waals surface area contributed by atoms with Gasteiger partial charge in [0.2, 0.25) is 0 Å². The summed E-state index contributed by atoms with van der Waals surface area (Å²) in [6.07, 6.45) is 3.69. The lowest BCUT2D eigenvalue weighted by molar-refractivity contribution is 0.482. The Morgan fingerprint density at radius 3 is 2.88 bits per heavy atom. The van der Waals surface area contributed by atoms with E-state index in [9.17, 15) is 0 Å². The highest BCUT2D eigenvalue weighted by Gasteiger charge is 2.29. The minimum Gasteiger partial charge on any atom is -0.348 e. The number of aryl methyl sites for hydroxylation is 2. The molecule has 6 nitrogen and oxygen atoms in total. The highest BCUT2D eigenvalue weighted by Crippen LogP contribution is 2.26. The Morgan fingerprint density at radius 1 is 1.24 bits per heavy atom. The quantitative estimate of drug-likeness (QED) is 0.751. The number of rotatable bonds is 5. The van der Waals surface area contributed by atoms with Gasteiger partial charge in [0.15, 0.2) is 11.6 Å². The second kappa shape index (κ2) is 6.80. The summed E-state index contributed by atoms with van der Waals surface area (Å²) in [7, 11) is 0. The highest BCUT2D eigenvalue weighted by atomic mass is 15.4. The molecule has 4 rings (SSSR count). The number of H-pyrrole nitrogens is 1. The highest BCUT2D eigenvalue weighted by molar-refractivity contribution is 5.26. The molecule has 1 atom stereocenters. The second-order valence-corrected chi connectivity index (χ2v) is 6.85. The fourth-order valence-corrected chi connectivity index (χ4v) is 3.31. The second-order valence-electron chi connectivity index (χ2n) is 6.85. The van der Waals surface area contributed by atoms with Crippen molar-refractivity contribution in [2.45, 2.75) is 45.2 Å². The molecule has 1 aliphatic heterocycles. The van der Waals surface area contributed by atoms with Gasteiger partial charge in [-0.15, -0.1) is 0 Å². The molecule has 0 bridgehead atoms. The molecule has 6 heteroatoms. The molecule has 3 aromatic rings. The van der Waals surface area contributed by atoms with E-state index in [1.165, 1.54) is 11.3 Å². The van der Waals surface area contributed by atoms with Crippen LogP contribution in [-0.2, 0) is 19.4 Å². The Hall–Kier alpha value is -2.47. The molecule has 0 aliphatic carbocycles. The van der Waals surface area contributed by atoms with Crippen LogP contribution in [0.4, 0.5) is 0 Å². The fourth-order valence-electron chi connectivity index (χ4n) is 3.31. The predicted molar refractivity (Wildman–Crippen MR) is 96.4 cm³/mol. The van der Waals surface area contributed by atoms with Crippen LogP contribution in [0.15, 0.2) is 36.7 Å². The lowest BCUT2D eigenvalue weighted by Crippen LogP contribution is -2.33. The molecular weight excluding hydrogens is 312 g/mol. The first kappa shape index (κ1) is 16.0. The Morgan fingerprint density at radius 2 is 2.08 bits per heavy atom. The van der Waals surface area contributed by atoms with Crippen LogP contribution in [0, 0.1) is 0 Å². The van der Waals surface area contributed by atoms with E-state index in [4.69, 9.17) is 10.1 Å². The minimum atomic E-state index is 0.00535. The number of nitrogens with zero attached hydrogens (tertiary/aromatic N) is 4. The third-order valence-corrected chi connectivity index (χ3v) is 4.69. The summed E-state index contributed by atoms with van der Waals surface area (Å²) in [4.78, 5) is 12.6. The number of benzene rings is 1. The van der Waals surface area contributed by atoms with Gasteiger partial charge in [0.25, 0.3) is 0 Å². The van der Waals surface area contributed by atoms with Crippen molar-refractivity contribution in [2.24, 2.45) is 0 Å². The van der Waals surface area contributed by atoms with E-state index in [0.29, 0.717) is 5.92 Å². The van der Waals surface area contributed by atoms with E-state index in [0.717, 1.165) is 43.3 Å². The third-order valence-electron chi connectivity index (χ3n) is 4.69. The average Bonchev–Trinajstić information content (AvgIpc) is 3.27. The van der Waals surface area contributed by atoms with E-state index < -0.39 is 0 Å². The van der Waals surface area contributed by atoms with Gasteiger partial charge in [0, 0.05) is 31.1 Å². The van der Waals surface area contributed by atoms with Crippen molar-refractivity contribution in [2.75, 3.05) is 6.54 Å². The standard InChI is InChI=1S/C19H24N6/c1-13(2)18-23-19(17-16-15(8-10-20-17)21-12-22-16)25(24-18)11-9-14-6-4-3-5-7-14/h3-7,12-13,17,20H,8-11H2,1-2H3,(H,21,22)/t17-/m0/s1. The molecule has 2 N–H and O–H groups in total. The van der Waals surface area contributed by atoms with Gasteiger partial charge in [0.1, 0.15) is 6.04 Å². The maximum Gasteiger partial charge on any atom is 0.153 e. The normalized spacial score (nSPS) is 17.0. The van der Waals surface area contributed by atoms with Crippen LogP contribution >= 0.6 is 0 Å². The first-order valence-corrected chi connectivity index (χ1v) is 8.96. The SMILES string of the molecule is CC(C)c1nc([C@H]2NCCc3[nH]cnc32)n(CCc2ccccc2)n1. The summed E-state index contributed by atoms with van der Waals surface area (Å²) >= 11 is 0. The summed E-state index contributed by atoms with van der Waals surface area (Å²) in [6.45, 7) is 6.00. The van der Waals surface area contributed by atoms with Crippen LogP contribution in [-0.4, -0.2) is 31.3 Å². The van der Waals surface area contributed by atoms with Crippen LogP contribution < -0.4 is 5.32 Å². The van der Waals surface area contributed by atoms with Crippen LogP contribution in [0.1, 0.15) is 54.4 Å². The summed E-state index contributed by atoms with van der Waals surface area (Å²) in [5, 5.41) is 8.35. The molecule has 3 heterocycles. The zero-order valence-corrected chi connectivity index (χ0v) is 14.7. The lowest BCUT2D eigenvalue weighted by Gasteiger charge is -2.22. The molecular formula is C19H24N6. The molecule has 25 heavy (non-hydrogen) atoms. The summed E-state index contributed by atoms with van der Waals surface area (Å²) in [5.74, 6) is 2.17. The van der Waals surface area contributed by atoms with Crippen molar-refractivity contribution in [3.05, 3.63) is 65.3 Å². The van der Waals surface area contributed by atoms with Crippen molar-refractivity contribution in [3.63, 3.8) is 0 Å². The van der Waals surface area contributed by atoms with Gasteiger partial charge < -0.3 is 10.3 Å². The summed E-state index contributed by atoms with van der Waals surface area (Å²) < 4.78 is 2.06. The van der Waals surface area contributed by atoms with Crippen molar-refractivity contribution in [1.82, 2.24) is 30.0 Å². The maximum atomic E-state index is 4.86. The number of imidazole rings is 1. The van der Waals surface area contributed by atoms with Gasteiger partial charge in [-0.1, -0.05) is 44.2 Å². The average molecular weight is 336 g/mol. The van der Waals surface area contributed by atoms with Gasteiger partial charge in [-0.3, -0.25) is 0 Å². The number of hydrogen-bond acceptors (Lipinski definition) is 4. The molecule has 1 aliphatic rings. The number of hydrogen-bond donors (Lipinski definition) is 2. The van der Waals surface area contributed by atoms with Crippen molar-refractivity contribution in [1.29, 1.82) is 0 Å². The Balaban J connectivity index is 1.65. The van der Waals surface area contributed by atoms with E-state index >= 15 is 0 Å². The van der Waals surface area contributed by atoms with E-state index in [2.05, 4.69) is 58.1 Å².